The van der Waals surface area contributed by atoms with Gasteiger partial charge >= 0.3 is 0 Å². The first-order chi connectivity index (χ1) is 11.6. The highest BCUT2D eigenvalue weighted by atomic mass is 32.1. The lowest BCUT2D eigenvalue weighted by Gasteiger charge is -1.96. The zero-order valence-corrected chi connectivity index (χ0v) is 15.5. The Kier molecular flexibility index (Phi) is 6.32. The van der Waals surface area contributed by atoms with Crippen molar-refractivity contribution in [1.29, 1.82) is 0 Å². The Morgan fingerprint density at radius 2 is 2.04 bits per heavy atom. The first kappa shape index (κ1) is 17.9. The van der Waals surface area contributed by atoms with Crippen LogP contribution in [0, 0.1) is 13.8 Å². The van der Waals surface area contributed by atoms with Crippen LogP contribution in [-0.2, 0) is 0 Å². The number of allylic oxidation sites excluding steroid dienone is 2. The Balaban J connectivity index is 0.000000647. The van der Waals surface area contributed by atoms with Gasteiger partial charge in [0.15, 0.2) is 0 Å². The van der Waals surface area contributed by atoms with Gasteiger partial charge in [-0.1, -0.05) is 45.1 Å². The van der Waals surface area contributed by atoms with Crippen molar-refractivity contribution in [3.05, 3.63) is 53.6 Å². The van der Waals surface area contributed by atoms with E-state index in [0.717, 1.165) is 39.0 Å². The van der Waals surface area contributed by atoms with Gasteiger partial charge in [0.25, 0.3) is 0 Å². The zero-order chi connectivity index (χ0) is 17.5. The Bertz CT molecular complexity index is 820. The summed E-state index contributed by atoms with van der Waals surface area (Å²) in [5.41, 5.74) is 5.29. The number of thiazole rings is 1. The fraction of sp³-hybridized carbons (Fsp3) is 0.263. The quantitative estimate of drug-likeness (QED) is 0.593. The molecule has 3 aromatic rings. The second kappa shape index (κ2) is 8.45. The molecule has 0 amide bonds. The third-order valence-corrected chi connectivity index (χ3v) is 4.12. The lowest BCUT2D eigenvalue weighted by molar-refractivity contribution is 1.09. The van der Waals surface area contributed by atoms with Crippen LogP contribution in [0.25, 0.3) is 28.0 Å². The number of H-pyrrole nitrogens is 2. The Morgan fingerprint density at radius 3 is 2.67 bits per heavy atom. The number of imidazole rings is 1. The fourth-order valence-corrected chi connectivity index (χ4v) is 2.96. The molecular weight excluding hydrogens is 316 g/mol. The molecule has 0 saturated heterocycles. The van der Waals surface area contributed by atoms with Crippen LogP contribution in [0.15, 0.2) is 36.5 Å². The van der Waals surface area contributed by atoms with Crippen molar-refractivity contribution in [1.82, 2.24) is 19.9 Å². The second-order valence-electron chi connectivity index (χ2n) is 5.46. The number of hydrogen-bond donors (Lipinski definition) is 2. The minimum absolute atomic E-state index is 0.897. The van der Waals surface area contributed by atoms with Crippen LogP contribution in [0.2, 0.25) is 0 Å². The molecule has 0 aliphatic carbocycles. The molecule has 0 aliphatic rings. The topological polar surface area (TPSA) is 57.4 Å². The summed E-state index contributed by atoms with van der Waals surface area (Å²) < 4.78 is 0. The minimum Gasteiger partial charge on any atom is -0.364 e. The zero-order valence-electron chi connectivity index (χ0n) is 14.7. The molecular formula is C19H24N4S. The van der Waals surface area contributed by atoms with Gasteiger partial charge in [0.05, 0.1) is 17.6 Å². The standard InChI is InChI=1S/C16H16N4S.C3H8/c1-4-5-6-12-10(2)17-7-13(12)15-9-21-16(20-15)14-8-18-11(3)19-14;1-3-2/h4-9,17H,1H2,2-3H3,(H,18,19);3H2,1-2H3/b6-5-;. The molecule has 3 rings (SSSR count). The van der Waals surface area contributed by atoms with E-state index in [1.54, 1.807) is 17.4 Å². The maximum Gasteiger partial charge on any atom is 0.142 e. The van der Waals surface area contributed by atoms with Crippen molar-refractivity contribution in [3.63, 3.8) is 0 Å². The molecule has 0 spiro atoms. The van der Waals surface area contributed by atoms with Crippen molar-refractivity contribution < 1.29 is 0 Å². The lowest BCUT2D eigenvalue weighted by Crippen LogP contribution is -1.81. The average molecular weight is 340 g/mol. The number of aryl methyl sites for hydroxylation is 2. The van der Waals surface area contributed by atoms with Crippen LogP contribution in [0.5, 0.6) is 0 Å². The van der Waals surface area contributed by atoms with Gasteiger partial charge in [-0.3, -0.25) is 0 Å². The monoisotopic (exact) mass is 340 g/mol. The van der Waals surface area contributed by atoms with Crippen molar-refractivity contribution in [2.75, 3.05) is 0 Å². The van der Waals surface area contributed by atoms with E-state index in [9.17, 15) is 0 Å². The van der Waals surface area contributed by atoms with E-state index >= 15 is 0 Å². The number of hydrogen-bond acceptors (Lipinski definition) is 3. The molecule has 0 radical (unpaired) electrons. The van der Waals surface area contributed by atoms with Crippen molar-refractivity contribution in [2.24, 2.45) is 0 Å². The Hall–Kier alpha value is -2.40. The van der Waals surface area contributed by atoms with Crippen LogP contribution < -0.4 is 0 Å². The summed E-state index contributed by atoms with van der Waals surface area (Å²) in [7, 11) is 0. The van der Waals surface area contributed by atoms with Gasteiger partial charge in [0.2, 0.25) is 0 Å². The Labute approximate surface area is 147 Å². The van der Waals surface area contributed by atoms with Gasteiger partial charge in [0, 0.05) is 28.4 Å². The lowest BCUT2D eigenvalue weighted by atomic mass is 10.1. The molecule has 3 aromatic heterocycles. The molecule has 24 heavy (non-hydrogen) atoms. The number of aromatic amines is 2. The molecule has 0 saturated carbocycles. The maximum atomic E-state index is 4.71. The van der Waals surface area contributed by atoms with Crippen molar-refractivity contribution in [2.45, 2.75) is 34.1 Å². The molecule has 5 heteroatoms. The number of nitrogens with one attached hydrogen (secondary N) is 2. The smallest absolute Gasteiger partial charge is 0.142 e. The van der Waals surface area contributed by atoms with Crippen LogP contribution >= 0.6 is 11.3 Å². The number of nitrogens with zero attached hydrogens (tertiary/aromatic N) is 2. The normalized spacial score (nSPS) is 10.7. The van der Waals surface area contributed by atoms with Crippen molar-refractivity contribution >= 4 is 17.4 Å². The summed E-state index contributed by atoms with van der Waals surface area (Å²) in [6.07, 6.45) is 10.8. The molecule has 0 atom stereocenters. The number of rotatable bonds is 4. The molecule has 0 fully saturated rings. The third-order valence-electron chi connectivity index (χ3n) is 3.24. The molecule has 0 aromatic carbocycles. The van der Waals surface area contributed by atoms with Crippen molar-refractivity contribution in [3.8, 4) is 22.0 Å². The van der Waals surface area contributed by atoms with Crippen LogP contribution in [0.3, 0.4) is 0 Å². The van der Waals surface area contributed by atoms with Gasteiger partial charge in [-0.2, -0.15) is 0 Å². The highest BCUT2D eigenvalue weighted by molar-refractivity contribution is 7.13. The van der Waals surface area contributed by atoms with Crippen LogP contribution in [-0.4, -0.2) is 19.9 Å². The minimum atomic E-state index is 0.897. The molecule has 2 N–H and O–H groups in total. The predicted octanol–water partition coefficient (Wildman–Crippen LogP) is 5.76. The summed E-state index contributed by atoms with van der Waals surface area (Å²) in [5.74, 6) is 0.897. The van der Waals surface area contributed by atoms with Crippen LogP contribution in [0.1, 0.15) is 37.4 Å². The van der Waals surface area contributed by atoms with Gasteiger partial charge in [-0.15, -0.1) is 11.3 Å². The SMILES string of the molecule is C=C/C=C\c1c(-c2csc(-c3cnc(C)[nH]3)n2)c[nH]c1C.CCC. The average Bonchev–Trinajstić information content (AvgIpc) is 3.26. The van der Waals surface area contributed by atoms with Gasteiger partial charge in [-0.05, 0) is 13.8 Å². The number of aromatic nitrogens is 4. The molecule has 126 valence electrons. The van der Waals surface area contributed by atoms with E-state index in [-0.39, 0.29) is 0 Å². The van der Waals surface area contributed by atoms with Gasteiger partial charge in [0.1, 0.15) is 10.8 Å². The highest BCUT2D eigenvalue weighted by Gasteiger charge is 2.13. The summed E-state index contributed by atoms with van der Waals surface area (Å²) in [6.45, 7) is 12.0. The Morgan fingerprint density at radius 1 is 1.29 bits per heavy atom. The second-order valence-corrected chi connectivity index (χ2v) is 6.32. The van der Waals surface area contributed by atoms with E-state index in [2.05, 4.69) is 47.7 Å². The summed E-state index contributed by atoms with van der Waals surface area (Å²) in [6, 6.07) is 0. The first-order valence-electron chi connectivity index (χ1n) is 8.05. The van der Waals surface area contributed by atoms with E-state index in [1.165, 1.54) is 6.42 Å². The molecule has 0 unspecified atom stereocenters. The fourth-order valence-electron chi connectivity index (χ4n) is 2.18. The van der Waals surface area contributed by atoms with E-state index in [0.29, 0.717) is 0 Å². The van der Waals surface area contributed by atoms with Crippen LogP contribution in [0.4, 0.5) is 0 Å². The van der Waals surface area contributed by atoms with E-state index < -0.39 is 0 Å². The van der Waals surface area contributed by atoms with Gasteiger partial charge in [-0.25, -0.2) is 9.97 Å². The summed E-state index contributed by atoms with van der Waals surface area (Å²) >= 11 is 1.61. The molecule has 0 aliphatic heterocycles. The maximum absolute atomic E-state index is 4.71. The summed E-state index contributed by atoms with van der Waals surface area (Å²) in [5, 5.41) is 3.02. The molecule has 4 nitrogen and oxygen atoms in total. The third kappa shape index (κ3) is 4.11. The summed E-state index contributed by atoms with van der Waals surface area (Å²) in [4.78, 5) is 15.4. The van der Waals surface area contributed by atoms with E-state index in [4.69, 9.17) is 4.98 Å². The largest absolute Gasteiger partial charge is 0.364 e. The van der Waals surface area contributed by atoms with E-state index in [1.807, 2.05) is 31.5 Å². The first-order valence-corrected chi connectivity index (χ1v) is 8.93. The van der Waals surface area contributed by atoms with Gasteiger partial charge < -0.3 is 9.97 Å². The molecule has 3 heterocycles. The molecule has 0 bridgehead atoms. The predicted molar refractivity (Wildman–Crippen MR) is 104 cm³/mol. The highest BCUT2D eigenvalue weighted by Crippen LogP contribution is 2.31.